The zero-order chi connectivity index (χ0) is 46.7. The fourth-order valence-corrected chi connectivity index (χ4v) is 9.12. The first kappa shape index (κ1) is 29.6. The molecule has 4 aromatic heterocycles. The molecule has 0 aliphatic carbocycles. The maximum Gasteiger partial charge on any atom is 0.238 e. The summed E-state index contributed by atoms with van der Waals surface area (Å²) in [6.07, 6.45) is 0. The third kappa shape index (κ3) is 5.55. The molecule has 0 N–H and O–H groups in total. The highest BCUT2D eigenvalue weighted by Crippen LogP contribution is 2.42. The van der Waals surface area contributed by atoms with E-state index in [1.54, 1.807) is 0 Å². The molecule has 0 aliphatic rings. The Kier molecular flexibility index (Phi) is 6.56. The number of nitrogens with zero attached hydrogens (tertiary/aromatic N) is 5. The van der Waals surface area contributed by atoms with Crippen molar-refractivity contribution in [2.75, 3.05) is 0 Å². The number of fused-ring (bicyclic) bond motifs is 9. The summed E-state index contributed by atoms with van der Waals surface area (Å²) in [6.45, 7) is 0. The molecular formula is C57H35N5O. The van der Waals surface area contributed by atoms with Gasteiger partial charge in [0.25, 0.3) is 0 Å². The van der Waals surface area contributed by atoms with Crippen LogP contribution in [0.5, 0.6) is 0 Å². The fraction of sp³-hybridized carbons (Fsp3) is 0. The molecule has 0 amide bonds. The van der Waals surface area contributed by atoms with Gasteiger partial charge >= 0.3 is 0 Å². The Morgan fingerprint density at radius 3 is 1.70 bits per heavy atom. The standard InChI is InChI=1S/C57H35N5O/c1-3-16-36(17-4-1)38-31-33-51-47(34-38)42-22-9-13-28-50(42)62(51)57-59-55(37-18-5-2-6-19-37)58-56(60-57)39-30-32-43(45-24-15-25-46-44-23-10-14-29-53(44)63-54(45)46)52(35-39)61-48-26-11-7-20-40(48)41-21-8-12-27-49(41)61/h1-35H/i10D,15D,23D,24D,25D,29D. The summed E-state index contributed by atoms with van der Waals surface area (Å²) in [6, 6.07) is 56.6. The summed E-state index contributed by atoms with van der Waals surface area (Å²) < 4.78 is 64.5. The minimum absolute atomic E-state index is 0.0216. The van der Waals surface area contributed by atoms with Crippen LogP contribution < -0.4 is 0 Å². The molecule has 0 atom stereocenters. The molecule has 0 saturated carbocycles. The predicted molar refractivity (Wildman–Crippen MR) is 258 cm³/mol. The van der Waals surface area contributed by atoms with Crippen LogP contribution in [0.3, 0.4) is 0 Å². The SMILES string of the molecule is [2H]c1cc([2H])c2oc3c(-c4ccc(-c5nc(-c6ccccc6)nc(-n6c7ccccc7c7cc(-c8ccccc8)ccc76)n5)cc4-n4c5ccccc5c5ccccc54)c([2H])c([2H])c([2H])c3c2c1[2H]. The largest absolute Gasteiger partial charge is 0.455 e. The van der Waals surface area contributed by atoms with Crippen LogP contribution in [-0.4, -0.2) is 24.1 Å². The fourth-order valence-electron chi connectivity index (χ4n) is 9.12. The Balaban J connectivity index is 1.12. The van der Waals surface area contributed by atoms with Gasteiger partial charge in [0.05, 0.1) is 36.0 Å². The van der Waals surface area contributed by atoms with Crippen molar-refractivity contribution < 1.29 is 12.6 Å². The van der Waals surface area contributed by atoms with Gasteiger partial charge in [0.2, 0.25) is 5.95 Å². The van der Waals surface area contributed by atoms with Crippen molar-refractivity contribution in [3.8, 4) is 56.7 Å². The summed E-state index contributed by atoms with van der Waals surface area (Å²) in [7, 11) is 0. The van der Waals surface area contributed by atoms with Crippen LogP contribution in [0, 0.1) is 0 Å². The number of rotatable bonds is 6. The number of furan rings is 1. The number of para-hydroxylation sites is 5. The van der Waals surface area contributed by atoms with Crippen molar-refractivity contribution in [1.29, 1.82) is 0 Å². The zero-order valence-corrected chi connectivity index (χ0v) is 33.4. The Bertz CT molecular complexity index is 4220. The minimum atomic E-state index is -0.365. The lowest BCUT2D eigenvalue weighted by molar-refractivity contribution is 0.670. The number of hydrogen-bond donors (Lipinski definition) is 0. The van der Waals surface area contributed by atoms with E-state index < -0.39 is 0 Å². The summed E-state index contributed by atoms with van der Waals surface area (Å²) in [5, 5.41) is 4.33. The van der Waals surface area contributed by atoms with Crippen LogP contribution in [0.25, 0.3) is 122 Å². The molecule has 63 heavy (non-hydrogen) atoms. The van der Waals surface area contributed by atoms with Gasteiger partial charge in [-0.05, 0) is 53.6 Å². The molecular weight excluding hydrogens is 771 g/mol. The number of hydrogen-bond acceptors (Lipinski definition) is 4. The second-order valence-corrected chi connectivity index (χ2v) is 15.5. The summed E-state index contributed by atoms with van der Waals surface area (Å²) in [5.41, 5.74) is 8.74. The van der Waals surface area contributed by atoms with Crippen molar-refractivity contribution in [2.24, 2.45) is 0 Å². The maximum absolute atomic E-state index is 9.53. The quantitative estimate of drug-likeness (QED) is 0.168. The second-order valence-electron chi connectivity index (χ2n) is 15.5. The molecule has 294 valence electrons. The molecule has 9 aromatic carbocycles. The van der Waals surface area contributed by atoms with Gasteiger partial charge in [-0.2, -0.15) is 9.97 Å². The van der Waals surface area contributed by atoms with E-state index in [2.05, 4.69) is 63.7 Å². The first-order valence-electron chi connectivity index (χ1n) is 23.7. The molecule has 6 nitrogen and oxygen atoms in total. The van der Waals surface area contributed by atoms with Crippen molar-refractivity contribution in [3.63, 3.8) is 0 Å². The van der Waals surface area contributed by atoms with Gasteiger partial charge in [-0.25, -0.2) is 4.98 Å². The average molecular weight is 812 g/mol. The topological polar surface area (TPSA) is 61.7 Å². The molecule has 0 saturated heterocycles. The Labute approximate surface area is 370 Å². The van der Waals surface area contributed by atoms with Crippen LogP contribution >= 0.6 is 0 Å². The van der Waals surface area contributed by atoms with E-state index >= 15 is 0 Å². The second kappa shape index (κ2) is 14.0. The summed E-state index contributed by atoms with van der Waals surface area (Å²) >= 11 is 0. The lowest BCUT2D eigenvalue weighted by Crippen LogP contribution is -2.07. The van der Waals surface area contributed by atoms with Crippen LogP contribution in [-0.2, 0) is 0 Å². The first-order valence-corrected chi connectivity index (χ1v) is 20.7. The van der Waals surface area contributed by atoms with E-state index in [9.17, 15) is 1.37 Å². The van der Waals surface area contributed by atoms with Gasteiger partial charge in [0.1, 0.15) is 11.2 Å². The molecule has 0 spiro atoms. The third-order valence-corrected chi connectivity index (χ3v) is 12.0. The van der Waals surface area contributed by atoms with E-state index in [1.807, 2.05) is 115 Å². The van der Waals surface area contributed by atoms with Crippen molar-refractivity contribution in [1.82, 2.24) is 24.1 Å². The predicted octanol–water partition coefficient (Wildman–Crippen LogP) is 14.6. The molecule has 4 heterocycles. The Morgan fingerprint density at radius 1 is 0.381 bits per heavy atom. The molecule has 13 rings (SSSR count). The summed E-state index contributed by atoms with van der Waals surface area (Å²) in [5.74, 6) is 1.29. The Hall–Kier alpha value is -8.61. The minimum Gasteiger partial charge on any atom is -0.455 e. The molecule has 0 unspecified atom stereocenters. The van der Waals surface area contributed by atoms with E-state index in [0.717, 1.165) is 60.3 Å². The van der Waals surface area contributed by atoms with Crippen molar-refractivity contribution >= 4 is 65.6 Å². The highest BCUT2D eigenvalue weighted by molar-refractivity contribution is 6.13. The first-order chi connectivity index (χ1) is 33.7. The molecule has 0 aliphatic heterocycles. The average Bonchev–Trinajstić information content (AvgIpc) is 4.07. The van der Waals surface area contributed by atoms with Crippen LogP contribution in [0.15, 0.2) is 217 Å². The number of aromatic nitrogens is 5. The number of benzene rings is 9. The summed E-state index contributed by atoms with van der Waals surface area (Å²) in [4.78, 5) is 15.7. The van der Waals surface area contributed by atoms with E-state index in [-0.39, 0.29) is 63.8 Å². The van der Waals surface area contributed by atoms with E-state index in [4.69, 9.17) is 26.2 Å². The third-order valence-electron chi connectivity index (χ3n) is 12.0. The van der Waals surface area contributed by atoms with Gasteiger partial charge in [-0.15, -0.1) is 0 Å². The van der Waals surface area contributed by atoms with E-state index in [0.29, 0.717) is 34.4 Å². The normalized spacial score (nSPS) is 13.1. The molecule has 0 fully saturated rings. The lowest BCUT2D eigenvalue weighted by Gasteiger charge is -2.17. The van der Waals surface area contributed by atoms with Gasteiger partial charge in [-0.3, -0.25) is 4.57 Å². The van der Waals surface area contributed by atoms with Crippen LogP contribution in [0.2, 0.25) is 0 Å². The van der Waals surface area contributed by atoms with Crippen LogP contribution in [0.4, 0.5) is 0 Å². The van der Waals surface area contributed by atoms with Gasteiger partial charge in [0.15, 0.2) is 11.6 Å². The van der Waals surface area contributed by atoms with Crippen LogP contribution in [0.1, 0.15) is 8.22 Å². The molecule has 0 bridgehead atoms. The lowest BCUT2D eigenvalue weighted by atomic mass is 9.98. The van der Waals surface area contributed by atoms with Gasteiger partial charge in [0, 0.05) is 54.6 Å². The van der Waals surface area contributed by atoms with Crippen molar-refractivity contribution in [3.05, 3.63) is 212 Å². The maximum atomic E-state index is 9.53. The highest BCUT2D eigenvalue weighted by Gasteiger charge is 2.23. The van der Waals surface area contributed by atoms with E-state index in [1.165, 1.54) is 6.07 Å². The van der Waals surface area contributed by atoms with Gasteiger partial charge in [-0.1, -0.05) is 170 Å². The monoisotopic (exact) mass is 811 g/mol. The highest BCUT2D eigenvalue weighted by atomic mass is 16.3. The van der Waals surface area contributed by atoms with Gasteiger partial charge < -0.3 is 8.98 Å². The Morgan fingerprint density at radius 2 is 0.968 bits per heavy atom. The molecule has 13 aromatic rings. The molecule has 6 heteroatoms. The zero-order valence-electron chi connectivity index (χ0n) is 39.4. The smallest absolute Gasteiger partial charge is 0.238 e. The molecule has 0 radical (unpaired) electrons. The van der Waals surface area contributed by atoms with Crippen molar-refractivity contribution in [2.45, 2.75) is 0 Å².